The van der Waals surface area contributed by atoms with E-state index in [1.54, 1.807) is 0 Å². The van der Waals surface area contributed by atoms with Crippen molar-refractivity contribution in [1.29, 1.82) is 0 Å². The molecule has 2 N–H and O–H groups in total. The second-order valence-corrected chi connectivity index (χ2v) is 4.54. The van der Waals surface area contributed by atoms with E-state index in [9.17, 15) is 0 Å². The van der Waals surface area contributed by atoms with Crippen LogP contribution in [0.1, 0.15) is 44.9 Å². The molecule has 0 aliphatic heterocycles. The Balaban J connectivity index is 1.81. The van der Waals surface area contributed by atoms with Crippen molar-refractivity contribution in [2.24, 2.45) is 17.1 Å². The summed E-state index contributed by atoms with van der Waals surface area (Å²) in [5.41, 5.74) is 6.35. The molecule has 2 fully saturated rings. The molecule has 2 aliphatic rings. The second kappa shape index (κ2) is 2.78. The average molecular weight is 153 g/mol. The highest BCUT2D eigenvalue weighted by atomic mass is 14.6. The van der Waals surface area contributed by atoms with E-state index in [0.717, 1.165) is 17.9 Å². The van der Waals surface area contributed by atoms with Crippen molar-refractivity contribution in [2.75, 3.05) is 6.54 Å². The quantitative estimate of drug-likeness (QED) is 0.659. The minimum absolute atomic E-state index is 0.732. The summed E-state index contributed by atoms with van der Waals surface area (Å²) in [6.07, 6.45) is 10.2. The highest BCUT2D eigenvalue weighted by molar-refractivity contribution is 4.92. The van der Waals surface area contributed by atoms with Gasteiger partial charge in [-0.2, -0.15) is 0 Å². The topological polar surface area (TPSA) is 26.0 Å². The predicted octanol–water partition coefficient (Wildman–Crippen LogP) is 2.31. The van der Waals surface area contributed by atoms with Crippen LogP contribution in [0, 0.1) is 11.3 Å². The van der Waals surface area contributed by atoms with Crippen LogP contribution in [0.25, 0.3) is 0 Å². The van der Waals surface area contributed by atoms with Crippen LogP contribution < -0.4 is 5.73 Å². The van der Waals surface area contributed by atoms with Gasteiger partial charge in [0.05, 0.1) is 0 Å². The zero-order chi connectivity index (χ0) is 7.73. The molecular weight excluding hydrogens is 134 g/mol. The highest BCUT2D eigenvalue weighted by Gasteiger charge is 2.40. The first kappa shape index (κ1) is 7.60. The Morgan fingerprint density at radius 3 is 2.36 bits per heavy atom. The fourth-order valence-corrected chi connectivity index (χ4v) is 2.47. The zero-order valence-electron chi connectivity index (χ0n) is 7.31. The Labute approximate surface area is 69.4 Å². The Bertz CT molecular complexity index is 134. The summed E-state index contributed by atoms with van der Waals surface area (Å²) in [6.45, 7) is 0.909. The van der Waals surface area contributed by atoms with Crippen LogP contribution in [0.5, 0.6) is 0 Å². The van der Waals surface area contributed by atoms with Crippen LogP contribution in [0.3, 0.4) is 0 Å². The first-order valence-corrected chi connectivity index (χ1v) is 5.05. The smallest absolute Gasteiger partial charge is 0.00720 e. The summed E-state index contributed by atoms with van der Waals surface area (Å²) in [7, 11) is 0. The second-order valence-electron chi connectivity index (χ2n) is 4.54. The lowest BCUT2D eigenvalue weighted by atomic mass is 9.64. The molecule has 0 radical (unpaired) electrons. The first-order chi connectivity index (χ1) is 5.35. The molecular formula is C10H19N. The summed E-state index contributed by atoms with van der Waals surface area (Å²) in [5, 5.41) is 0. The molecule has 0 aromatic heterocycles. The van der Waals surface area contributed by atoms with Gasteiger partial charge >= 0.3 is 0 Å². The van der Waals surface area contributed by atoms with E-state index in [0.29, 0.717) is 0 Å². The van der Waals surface area contributed by atoms with Crippen LogP contribution in [-0.2, 0) is 0 Å². The molecule has 0 aromatic rings. The number of hydrogen-bond acceptors (Lipinski definition) is 1. The number of hydrogen-bond donors (Lipinski definition) is 1. The average Bonchev–Trinajstić information content (AvgIpc) is 2.67. The molecule has 0 unspecified atom stereocenters. The molecule has 0 atom stereocenters. The Hall–Kier alpha value is -0.0400. The largest absolute Gasteiger partial charge is 0.330 e. The van der Waals surface area contributed by atoms with Gasteiger partial charge in [-0.05, 0) is 43.6 Å². The molecule has 64 valence electrons. The minimum Gasteiger partial charge on any atom is -0.330 e. The van der Waals surface area contributed by atoms with Gasteiger partial charge in [0.2, 0.25) is 0 Å². The van der Waals surface area contributed by atoms with Gasteiger partial charge in [0.1, 0.15) is 0 Å². The van der Waals surface area contributed by atoms with Gasteiger partial charge < -0.3 is 5.73 Å². The normalized spacial score (nSPS) is 28.1. The molecule has 0 bridgehead atoms. The lowest BCUT2D eigenvalue weighted by Crippen LogP contribution is -2.32. The lowest BCUT2D eigenvalue weighted by Gasteiger charge is -2.42. The molecule has 11 heavy (non-hydrogen) atoms. The number of nitrogens with two attached hydrogens (primary N) is 1. The van der Waals surface area contributed by atoms with Gasteiger partial charge in [0.25, 0.3) is 0 Å². The van der Waals surface area contributed by atoms with Gasteiger partial charge in [-0.15, -0.1) is 0 Å². The molecule has 1 heteroatoms. The fraction of sp³-hybridized carbons (Fsp3) is 1.00. The monoisotopic (exact) mass is 153 g/mol. The third-order valence-electron chi connectivity index (χ3n) is 3.51. The van der Waals surface area contributed by atoms with Crippen molar-refractivity contribution < 1.29 is 0 Å². The highest BCUT2D eigenvalue weighted by Crippen LogP contribution is 2.52. The summed E-state index contributed by atoms with van der Waals surface area (Å²) < 4.78 is 0. The third kappa shape index (κ3) is 1.58. The summed E-state index contributed by atoms with van der Waals surface area (Å²) in [6, 6.07) is 0. The molecule has 0 heterocycles. The fourth-order valence-electron chi connectivity index (χ4n) is 2.47. The minimum atomic E-state index is 0.732. The molecule has 0 aromatic carbocycles. The maximum atomic E-state index is 5.62. The third-order valence-corrected chi connectivity index (χ3v) is 3.51. The van der Waals surface area contributed by atoms with Crippen LogP contribution in [0.2, 0.25) is 0 Å². The molecule has 2 rings (SSSR count). The molecule has 0 amide bonds. The van der Waals surface area contributed by atoms with E-state index >= 15 is 0 Å². The van der Waals surface area contributed by atoms with Crippen LogP contribution >= 0.6 is 0 Å². The Kier molecular flexibility index (Phi) is 1.92. The van der Waals surface area contributed by atoms with Crippen molar-refractivity contribution >= 4 is 0 Å². The van der Waals surface area contributed by atoms with E-state index in [4.69, 9.17) is 5.73 Å². The van der Waals surface area contributed by atoms with Crippen LogP contribution in [0.15, 0.2) is 0 Å². The van der Waals surface area contributed by atoms with Crippen LogP contribution in [-0.4, -0.2) is 6.54 Å². The van der Waals surface area contributed by atoms with Gasteiger partial charge in [-0.25, -0.2) is 0 Å². The SMILES string of the molecule is NCCC1(CC2CC2)CCC1. The molecule has 0 spiro atoms. The summed E-state index contributed by atoms with van der Waals surface area (Å²) in [4.78, 5) is 0. The molecule has 2 saturated carbocycles. The zero-order valence-corrected chi connectivity index (χ0v) is 7.31. The van der Waals surface area contributed by atoms with Crippen LogP contribution in [0.4, 0.5) is 0 Å². The predicted molar refractivity (Wildman–Crippen MR) is 47.3 cm³/mol. The molecule has 1 nitrogen and oxygen atoms in total. The van der Waals surface area contributed by atoms with Crippen molar-refractivity contribution in [3.63, 3.8) is 0 Å². The van der Waals surface area contributed by atoms with Crippen molar-refractivity contribution in [3.05, 3.63) is 0 Å². The van der Waals surface area contributed by atoms with Gasteiger partial charge in [-0.1, -0.05) is 19.3 Å². The lowest BCUT2D eigenvalue weighted by molar-refractivity contribution is 0.101. The van der Waals surface area contributed by atoms with Gasteiger partial charge in [0, 0.05) is 0 Å². The Morgan fingerprint density at radius 2 is 2.00 bits per heavy atom. The first-order valence-electron chi connectivity index (χ1n) is 5.05. The number of rotatable bonds is 4. The Morgan fingerprint density at radius 1 is 1.27 bits per heavy atom. The molecule has 0 saturated heterocycles. The van der Waals surface area contributed by atoms with Gasteiger partial charge in [0.15, 0.2) is 0 Å². The van der Waals surface area contributed by atoms with E-state index in [1.165, 1.54) is 44.9 Å². The van der Waals surface area contributed by atoms with Crippen molar-refractivity contribution in [3.8, 4) is 0 Å². The summed E-state index contributed by atoms with van der Waals surface area (Å²) >= 11 is 0. The van der Waals surface area contributed by atoms with Crippen molar-refractivity contribution in [2.45, 2.75) is 44.9 Å². The molecule has 2 aliphatic carbocycles. The maximum absolute atomic E-state index is 5.62. The van der Waals surface area contributed by atoms with E-state index in [-0.39, 0.29) is 0 Å². The van der Waals surface area contributed by atoms with E-state index in [2.05, 4.69) is 0 Å². The van der Waals surface area contributed by atoms with Gasteiger partial charge in [-0.3, -0.25) is 0 Å². The summed E-state index contributed by atoms with van der Waals surface area (Å²) in [5.74, 6) is 1.10. The van der Waals surface area contributed by atoms with Crippen molar-refractivity contribution in [1.82, 2.24) is 0 Å². The van der Waals surface area contributed by atoms with E-state index in [1.807, 2.05) is 0 Å². The van der Waals surface area contributed by atoms with E-state index < -0.39 is 0 Å². The maximum Gasteiger partial charge on any atom is -0.00720 e. The standard InChI is InChI=1S/C10H19N/c11-7-6-10(4-1-5-10)8-9-2-3-9/h9H,1-8,11H2.